The van der Waals surface area contributed by atoms with Crippen LogP contribution in [0, 0.1) is 6.92 Å². The van der Waals surface area contributed by atoms with Crippen molar-refractivity contribution in [2.45, 2.75) is 6.92 Å². The molecular formula is C8H8ClN5O. The Morgan fingerprint density at radius 1 is 1.47 bits per heavy atom. The van der Waals surface area contributed by atoms with Crippen LogP contribution in [0.2, 0.25) is 5.15 Å². The van der Waals surface area contributed by atoms with Crippen LogP contribution in [0.4, 0.5) is 5.95 Å². The van der Waals surface area contributed by atoms with E-state index < -0.39 is 0 Å². The van der Waals surface area contributed by atoms with E-state index in [2.05, 4.69) is 15.1 Å². The molecule has 0 atom stereocenters. The van der Waals surface area contributed by atoms with Gasteiger partial charge in [0.2, 0.25) is 5.95 Å². The molecule has 0 unspecified atom stereocenters. The number of aromatic nitrogens is 4. The molecule has 0 saturated carbocycles. The summed E-state index contributed by atoms with van der Waals surface area (Å²) in [4.78, 5) is 19.0. The van der Waals surface area contributed by atoms with Crippen LogP contribution >= 0.6 is 11.6 Å². The predicted octanol–water partition coefficient (Wildman–Crippen LogP) is 0.500. The summed E-state index contributed by atoms with van der Waals surface area (Å²) >= 11 is 5.70. The van der Waals surface area contributed by atoms with Gasteiger partial charge >= 0.3 is 0 Å². The molecule has 2 aromatic heterocycles. The number of nitrogens with one attached hydrogen (secondary N) is 1. The van der Waals surface area contributed by atoms with E-state index in [1.807, 2.05) is 0 Å². The Labute approximate surface area is 89.7 Å². The third-order valence-electron chi connectivity index (χ3n) is 1.78. The SMILES string of the molecule is Cc1cc(=O)n(-c2cc(Cl)nc(N)n2)[nH]1. The molecule has 0 spiro atoms. The molecule has 7 heteroatoms. The highest BCUT2D eigenvalue weighted by atomic mass is 35.5. The minimum atomic E-state index is -0.221. The third kappa shape index (κ3) is 1.84. The maximum atomic E-state index is 11.5. The minimum Gasteiger partial charge on any atom is -0.368 e. The fourth-order valence-electron chi connectivity index (χ4n) is 1.22. The summed E-state index contributed by atoms with van der Waals surface area (Å²) < 4.78 is 1.25. The number of nitrogens with two attached hydrogens (primary N) is 1. The summed E-state index contributed by atoms with van der Waals surface area (Å²) in [5.41, 5.74) is 5.93. The van der Waals surface area contributed by atoms with Crippen molar-refractivity contribution in [2.24, 2.45) is 0 Å². The largest absolute Gasteiger partial charge is 0.368 e. The summed E-state index contributed by atoms with van der Waals surface area (Å²) in [6.07, 6.45) is 0. The lowest BCUT2D eigenvalue weighted by atomic mass is 10.5. The zero-order valence-corrected chi connectivity index (χ0v) is 8.62. The highest BCUT2D eigenvalue weighted by Crippen LogP contribution is 2.10. The Kier molecular flexibility index (Phi) is 2.20. The van der Waals surface area contributed by atoms with Gasteiger partial charge in [0, 0.05) is 17.8 Å². The highest BCUT2D eigenvalue weighted by Gasteiger charge is 2.06. The van der Waals surface area contributed by atoms with E-state index in [-0.39, 0.29) is 16.7 Å². The monoisotopic (exact) mass is 225 g/mol. The third-order valence-corrected chi connectivity index (χ3v) is 1.97. The minimum absolute atomic E-state index is 0.0247. The fraction of sp³-hybridized carbons (Fsp3) is 0.125. The first-order valence-corrected chi connectivity index (χ1v) is 4.53. The number of nitrogens with zero attached hydrogens (tertiary/aromatic N) is 3. The molecule has 3 N–H and O–H groups in total. The lowest BCUT2D eigenvalue weighted by molar-refractivity contribution is 0.804. The summed E-state index contributed by atoms with van der Waals surface area (Å²) in [5.74, 6) is 0.349. The molecule has 0 aromatic carbocycles. The first-order chi connectivity index (χ1) is 7.06. The Hall–Kier alpha value is -1.82. The second-order valence-corrected chi connectivity index (χ2v) is 3.41. The predicted molar refractivity (Wildman–Crippen MR) is 56.1 cm³/mol. The normalized spacial score (nSPS) is 10.5. The van der Waals surface area contributed by atoms with Crippen molar-refractivity contribution in [3.8, 4) is 5.82 Å². The second-order valence-electron chi connectivity index (χ2n) is 3.02. The van der Waals surface area contributed by atoms with Crippen LogP contribution < -0.4 is 11.3 Å². The Bertz CT molecular complexity index is 538. The van der Waals surface area contributed by atoms with Crippen LogP contribution in [0.3, 0.4) is 0 Å². The van der Waals surface area contributed by atoms with Gasteiger partial charge in [-0.2, -0.15) is 4.98 Å². The number of aromatic amines is 1. The Morgan fingerprint density at radius 3 is 2.73 bits per heavy atom. The van der Waals surface area contributed by atoms with E-state index in [0.29, 0.717) is 5.82 Å². The van der Waals surface area contributed by atoms with Crippen molar-refractivity contribution in [3.05, 3.63) is 33.3 Å². The number of halogens is 1. The van der Waals surface area contributed by atoms with Gasteiger partial charge in [0.05, 0.1) is 0 Å². The number of aryl methyl sites for hydroxylation is 1. The van der Waals surface area contributed by atoms with Gasteiger partial charge in [0.15, 0.2) is 5.82 Å². The maximum absolute atomic E-state index is 11.5. The summed E-state index contributed by atoms with van der Waals surface area (Å²) in [6.45, 7) is 1.77. The molecule has 2 heterocycles. The van der Waals surface area contributed by atoms with Gasteiger partial charge in [-0.25, -0.2) is 9.67 Å². The van der Waals surface area contributed by atoms with Crippen molar-refractivity contribution in [1.29, 1.82) is 0 Å². The van der Waals surface area contributed by atoms with E-state index in [9.17, 15) is 4.79 Å². The molecular weight excluding hydrogens is 218 g/mol. The zero-order valence-electron chi connectivity index (χ0n) is 7.86. The van der Waals surface area contributed by atoms with E-state index >= 15 is 0 Å². The van der Waals surface area contributed by atoms with Crippen molar-refractivity contribution >= 4 is 17.5 Å². The molecule has 0 aliphatic carbocycles. The lowest BCUT2D eigenvalue weighted by Crippen LogP contribution is -2.16. The van der Waals surface area contributed by atoms with E-state index in [4.69, 9.17) is 17.3 Å². The molecule has 0 aliphatic rings. The molecule has 0 saturated heterocycles. The number of hydrogen-bond acceptors (Lipinski definition) is 4. The average molecular weight is 226 g/mol. The van der Waals surface area contributed by atoms with Gasteiger partial charge in [-0.05, 0) is 6.92 Å². The molecule has 0 aliphatic heterocycles. The van der Waals surface area contributed by atoms with Crippen LogP contribution in [0.1, 0.15) is 5.69 Å². The van der Waals surface area contributed by atoms with Gasteiger partial charge in [-0.3, -0.25) is 9.89 Å². The van der Waals surface area contributed by atoms with Gasteiger partial charge < -0.3 is 5.73 Å². The van der Waals surface area contributed by atoms with E-state index in [1.165, 1.54) is 16.8 Å². The van der Waals surface area contributed by atoms with Gasteiger partial charge in [-0.1, -0.05) is 11.6 Å². The molecule has 0 bridgehead atoms. The average Bonchev–Trinajstić information content (AvgIpc) is 2.43. The van der Waals surface area contributed by atoms with Crippen LogP contribution in [0.25, 0.3) is 5.82 Å². The van der Waals surface area contributed by atoms with Gasteiger partial charge in [0.1, 0.15) is 5.15 Å². The smallest absolute Gasteiger partial charge is 0.272 e. The van der Waals surface area contributed by atoms with E-state index in [0.717, 1.165) is 5.69 Å². The van der Waals surface area contributed by atoms with Gasteiger partial charge in [-0.15, -0.1) is 0 Å². The highest BCUT2D eigenvalue weighted by molar-refractivity contribution is 6.29. The van der Waals surface area contributed by atoms with Crippen LogP contribution in [0.5, 0.6) is 0 Å². The van der Waals surface area contributed by atoms with Crippen molar-refractivity contribution in [1.82, 2.24) is 19.7 Å². The standard InChI is InChI=1S/C8H8ClN5O/c1-4-2-7(15)14(13-4)6-3-5(9)11-8(10)12-6/h2-3,13H,1H3,(H2,10,11,12). The Morgan fingerprint density at radius 2 is 2.20 bits per heavy atom. The summed E-state index contributed by atoms with van der Waals surface area (Å²) in [5, 5.41) is 3.01. The first kappa shape index (κ1) is 9.72. The lowest BCUT2D eigenvalue weighted by Gasteiger charge is -2.01. The number of hydrogen-bond donors (Lipinski definition) is 2. The maximum Gasteiger partial charge on any atom is 0.272 e. The van der Waals surface area contributed by atoms with Gasteiger partial charge in [0.25, 0.3) is 5.56 Å². The number of anilines is 1. The fourth-order valence-corrected chi connectivity index (χ4v) is 1.41. The van der Waals surface area contributed by atoms with Crippen LogP contribution in [-0.4, -0.2) is 19.7 Å². The molecule has 2 rings (SSSR count). The van der Waals surface area contributed by atoms with Crippen molar-refractivity contribution in [3.63, 3.8) is 0 Å². The molecule has 0 fully saturated rings. The molecule has 0 amide bonds. The number of nitrogen functional groups attached to an aromatic ring is 1. The topological polar surface area (TPSA) is 89.6 Å². The van der Waals surface area contributed by atoms with Crippen molar-refractivity contribution in [2.75, 3.05) is 5.73 Å². The molecule has 0 radical (unpaired) electrons. The summed E-state index contributed by atoms with van der Waals surface area (Å²) in [6, 6.07) is 2.90. The molecule has 15 heavy (non-hydrogen) atoms. The zero-order chi connectivity index (χ0) is 11.0. The second kappa shape index (κ2) is 3.39. The summed E-state index contributed by atoms with van der Waals surface area (Å²) in [7, 11) is 0. The molecule has 6 nitrogen and oxygen atoms in total. The van der Waals surface area contributed by atoms with Crippen LogP contribution in [0.15, 0.2) is 16.9 Å². The Balaban J connectivity index is 2.63. The van der Waals surface area contributed by atoms with Crippen LogP contribution in [-0.2, 0) is 0 Å². The first-order valence-electron chi connectivity index (χ1n) is 4.15. The quantitative estimate of drug-likeness (QED) is 0.692. The molecule has 2 aromatic rings. The number of rotatable bonds is 1. The number of H-pyrrole nitrogens is 1. The van der Waals surface area contributed by atoms with Crippen molar-refractivity contribution < 1.29 is 0 Å². The van der Waals surface area contributed by atoms with E-state index in [1.54, 1.807) is 6.92 Å². The molecule has 78 valence electrons.